The highest BCUT2D eigenvalue weighted by molar-refractivity contribution is 6.35. The molecule has 0 aliphatic carbocycles. The zero-order valence-corrected chi connectivity index (χ0v) is 12.5. The lowest BCUT2D eigenvalue weighted by Gasteiger charge is -2.17. The summed E-state index contributed by atoms with van der Waals surface area (Å²) < 4.78 is 14.2. The first-order valence-corrected chi connectivity index (χ1v) is 7.22. The van der Waals surface area contributed by atoms with E-state index in [1.165, 1.54) is 6.07 Å². The van der Waals surface area contributed by atoms with Gasteiger partial charge in [-0.25, -0.2) is 4.39 Å². The first kappa shape index (κ1) is 14.3. The average molecular weight is 320 g/mol. The highest BCUT2D eigenvalue weighted by Gasteiger charge is 2.18. The third-order valence-corrected chi connectivity index (χ3v) is 4.18. The summed E-state index contributed by atoms with van der Waals surface area (Å²) in [6.07, 6.45) is 0. The van der Waals surface area contributed by atoms with Crippen molar-refractivity contribution in [3.63, 3.8) is 0 Å². The molecule has 3 aromatic rings. The number of fused-ring (bicyclic) bond motifs is 1. The minimum absolute atomic E-state index is 0.0706. The molecule has 3 aromatic carbocycles. The lowest BCUT2D eigenvalue weighted by molar-refractivity contribution is 0.600. The molecular weight excluding hydrogens is 308 g/mol. The molecule has 0 aromatic heterocycles. The van der Waals surface area contributed by atoms with Crippen LogP contribution >= 0.6 is 23.2 Å². The molecule has 0 heterocycles. The van der Waals surface area contributed by atoms with Crippen LogP contribution in [0.25, 0.3) is 10.8 Å². The Hall–Kier alpha value is -1.61. The van der Waals surface area contributed by atoms with Crippen LogP contribution in [0.15, 0.2) is 54.6 Å². The van der Waals surface area contributed by atoms with Crippen LogP contribution in [0.4, 0.5) is 4.39 Å². The van der Waals surface area contributed by atoms with Crippen LogP contribution in [0.2, 0.25) is 10.0 Å². The van der Waals surface area contributed by atoms with Gasteiger partial charge in [0.15, 0.2) is 0 Å². The van der Waals surface area contributed by atoms with E-state index in [4.69, 9.17) is 28.9 Å². The van der Waals surface area contributed by atoms with Crippen LogP contribution in [0.1, 0.15) is 17.2 Å². The van der Waals surface area contributed by atoms with Crippen molar-refractivity contribution >= 4 is 34.0 Å². The van der Waals surface area contributed by atoms with E-state index in [0.29, 0.717) is 10.6 Å². The molecule has 1 unspecified atom stereocenters. The number of hydrogen-bond donors (Lipinski definition) is 1. The van der Waals surface area contributed by atoms with Crippen molar-refractivity contribution in [2.24, 2.45) is 5.73 Å². The zero-order valence-electron chi connectivity index (χ0n) is 11.0. The molecule has 0 spiro atoms. The van der Waals surface area contributed by atoms with Gasteiger partial charge in [0.2, 0.25) is 0 Å². The van der Waals surface area contributed by atoms with Gasteiger partial charge in [-0.1, -0.05) is 65.7 Å². The van der Waals surface area contributed by atoms with Crippen LogP contribution in [0.5, 0.6) is 0 Å². The van der Waals surface area contributed by atoms with E-state index in [1.807, 2.05) is 30.3 Å². The highest BCUT2D eigenvalue weighted by Crippen LogP contribution is 2.33. The fourth-order valence-corrected chi connectivity index (χ4v) is 2.89. The largest absolute Gasteiger partial charge is 0.320 e. The molecule has 0 radical (unpaired) electrons. The monoisotopic (exact) mass is 319 g/mol. The molecule has 0 fully saturated rings. The minimum atomic E-state index is -0.606. The Labute approximate surface area is 132 Å². The normalized spacial score (nSPS) is 12.6. The number of nitrogens with two attached hydrogens (primary N) is 1. The van der Waals surface area contributed by atoms with E-state index in [1.54, 1.807) is 18.2 Å². The summed E-state index contributed by atoms with van der Waals surface area (Å²) >= 11 is 12.0. The number of hydrogen-bond acceptors (Lipinski definition) is 1. The van der Waals surface area contributed by atoms with Crippen molar-refractivity contribution in [2.45, 2.75) is 6.04 Å². The summed E-state index contributed by atoms with van der Waals surface area (Å²) in [4.78, 5) is 0. The molecule has 3 rings (SSSR count). The van der Waals surface area contributed by atoms with Crippen molar-refractivity contribution in [2.75, 3.05) is 0 Å². The van der Waals surface area contributed by atoms with Gasteiger partial charge >= 0.3 is 0 Å². The van der Waals surface area contributed by atoms with Crippen LogP contribution < -0.4 is 5.73 Å². The van der Waals surface area contributed by atoms with E-state index in [0.717, 1.165) is 16.3 Å². The predicted molar refractivity (Wildman–Crippen MR) is 86.4 cm³/mol. The summed E-state index contributed by atoms with van der Waals surface area (Å²) in [7, 11) is 0. The first-order valence-electron chi connectivity index (χ1n) is 6.46. The Morgan fingerprint density at radius 1 is 0.762 bits per heavy atom. The molecule has 1 atom stereocenters. The Morgan fingerprint density at radius 3 is 2.24 bits per heavy atom. The maximum Gasteiger partial charge on any atom is 0.146 e. The van der Waals surface area contributed by atoms with Gasteiger partial charge in [-0.2, -0.15) is 0 Å². The summed E-state index contributed by atoms with van der Waals surface area (Å²) in [6.45, 7) is 0. The van der Waals surface area contributed by atoms with Crippen molar-refractivity contribution in [1.82, 2.24) is 0 Å². The van der Waals surface area contributed by atoms with Crippen molar-refractivity contribution in [3.8, 4) is 0 Å². The van der Waals surface area contributed by atoms with Gasteiger partial charge in [-0.05, 0) is 23.1 Å². The Morgan fingerprint density at radius 2 is 1.48 bits per heavy atom. The molecule has 0 saturated carbocycles. The van der Waals surface area contributed by atoms with E-state index in [2.05, 4.69) is 0 Å². The predicted octanol–water partition coefficient (Wildman–Crippen LogP) is 5.33. The first-order chi connectivity index (χ1) is 10.1. The Bertz CT molecular complexity index is 817. The van der Waals surface area contributed by atoms with Gasteiger partial charge in [0.1, 0.15) is 5.82 Å². The van der Waals surface area contributed by atoms with Gasteiger partial charge < -0.3 is 5.73 Å². The summed E-state index contributed by atoms with van der Waals surface area (Å²) in [5, 5.41) is 2.53. The maximum absolute atomic E-state index is 14.2. The lowest BCUT2D eigenvalue weighted by Crippen LogP contribution is -2.14. The molecule has 0 saturated heterocycles. The molecule has 2 N–H and O–H groups in total. The van der Waals surface area contributed by atoms with Crippen molar-refractivity contribution in [3.05, 3.63) is 81.6 Å². The smallest absolute Gasteiger partial charge is 0.146 e. The van der Waals surface area contributed by atoms with Crippen LogP contribution in [-0.4, -0.2) is 0 Å². The quantitative estimate of drug-likeness (QED) is 0.678. The van der Waals surface area contributed by atoms with Gasteiger partial charge in [0, 0.05) is 16.0 Å². The third kappa shape index (κ3) is 2.51. The Balaban J connectivity index is 2.21. The van der Waals surface area contributed by atoms with Crippen LogP contribution in [0.3, 0.4) is 0 Å². The third-order valence-electron chi connectivity index (χ3n) is 3.56. The van der Waals surface area contributed by atoms with E-state index < -0.39 is 11.9 Å². The summed E-state index contributed by atoms with van der Waals surface area (Å²) in [5.74, 6) is -0.481. The molecule has 0 aliphatic heterocycles. The van der Waals surface area contributed by atoms with Gasteiger partial charge in [-0.3, -0.25) is 0 Å². The standard InChI is InChI=1S/C17H12Cl2FN/c18-14-9-8-12(10-4-1-2-5-11(10)14)17(21)13-6-3-7-15(19)16(13)20/h1-9,17H,21H2. The fourth-order valence-electron chi connectivity index (χ4n) is 2.49. The topological polar surface area (TPSA) is 26.0 Å². The molecule has 0 amide bonds. The molecule has 1 nitrogen and oxygen atoms in total. The van der Waals surface area contributed by atoms with Crippen molar-refractivity contribution < 1.29 is 4.39 Å². The second-order valence-electron chi connectivity index (χ2n) is 4.80. The minimum Gasteiger partial charge on any atom is -0.320 e. The molecule has 106 valence electrons. The maximum atomic E-state index is 14.2. The molecule has 0 bridgehead atoms. The van der Waals surface area contributed by atoms with Crippen LogP contribution in [0, 0.1) is 5.82 Å². The van der Waals surface area contributed by atoms with Gasteiger partial charge in [0.05, 0.1) is 11.1 Å². The molecule has 4 heteroatoms. The Kier molecular flexibility index (Phi) is 3.85. The second kappa shape index (κ2) is 5.64. The van der Waals surface area contributed by atoms with E-state index in [9.17, 15) is 4.39 Å². The second-order valence-corrected chi connectivity index (χ2v) is 5.62. The average Bonchev–Trinajstić information content (AvgIpc) is 2.50. The van der Waals surface area contributed by atoms with Crippen molar-refractivity contribution in [1.29, 1.82) is 0 Å². The number of benzene rings is 3. The molecule has 21 heavy (non-hydrogen) atoms. The zero-order chi connectivity index (χ0) is 15.0. The summed E-state index contributed by atoms with van der Waals surface area (Å²) in [5.41, 5.74) is 7.45. The van der Waals surface area contributed by atoms with Gasteiger partial charge in [-0.15, -0.1) is 0 Å². The highest BCUT2D eigenvalue weighted by atomic mass is 35.5. The molecule has 0 aliphatic rings. The number of rotatable bonds is 2. The fraction of sp³-hybridized carbons (Fsp3) is 0.0588. The van der Waals surface area contributed by atoms with E-state index >= 15 is 0 Å². The number of halogens is 3. The summed E-state index contributed by atoms with van der Waals surface area (Å²) in [6, 6.07) is 15.5. The SMILES string of the molecule is NC(c1cccc(Cl)c1F)c1ccc(Cl)c2ccccc12. The van der Waals surface area contributed by atoms with Gasteiger partial charge in [0.25, 0.3) is 0 Å². The van der Waals surface area contributed by atoms with E-state index in [-0.39, 0.29) is 5.02 Å². The molecular formula is C17H12Cl2FN. The lowest BCUT2D eigenvalue weighted by atomic mass is 9.94. The van der Waals surface area contributed by atoms with Crippen LogP contribution in [-0.2, 0) is 0 Å².